The number of hydrogen-bond acceptors (Lipinski definition) is 7. The lowest BCUT2D eigenvalue weighted by Crippen LogP contribution is -2.36. The topological polar surface area (TPSA) is 97.0 Å². The fraction of sp³-hybridized carbons (Fsp3) is 0.480. The van der Waals surface area contributed by atoms with E-state index in [-0.39, 0.29) is 11.5 Å². The Morgan fingerprint density at radius 3 is 2.26 bits per heavy atom. The van der Waals surface area contributed by atoms with Crippen LogP contribution >= 0.6 is 11.3 Å². The third kappa shape index (κ3) is 6.15. The van der Waals surface area contributed by atoms with Crippen molar-refractivity contribution in [3.63, 3.8) is 0 Å². The van der Waals surface area contributed by atoms with Crippen LogP contribution in [-0.4, -0.2) is 50.2 Å². The van der Waals surface area contributed by atoms with Gasteiger partial charge in [0, 0.05) is 34.8 Å². The number of aryl methyl sites for hydroxylation is 1. The fourth-order valence-electron chi connectivity index (χ4n) is 3.35. The van der Waals surface area contributed by atoms with Crippen molar-refractivity contribution < 1.29 is 23.9 Å². The Kier molecular flexibility index (Phi) is 7.99. The second-order valence-corrected chi connectivity index (χ2v) is 10.6. The molecular weight excluding hydrogens is 454 g/mol. The highest BCUT2D eigenvalue weighted by molar-refractivity contribution is 7.16. The lowest BCUT2D eigenvalue weighted by Gasteiger charge is -2.28. The zero-order valence-electron chi connectivity index (χ0n) is 20.6. The van der Waals surface area contributed by atoms with Gasteiger partial charge in [-0.15, -0.1) is 11.3 Å². The van der Waals surface area contributed by atoms with Crippen LogP contribution in [0, 0.1) is 19.3 Å². The number of thiophene rings is 1. The quantitative estimate of drug-likeness (QED) is 0.588. The molecule has 2 N–H and O–H groups in total. The summed E-state index contributed by atoms with van der Waals surface area (Å²) in [4.78, 5) is 41.2. The molecule has 1 aromatic heterocycles. The third-order valence-corrected chi connectivity index (χ3v) is 6.78. The van der Waals surface area contributed by atoms with Crippen molar-refractivity contribution in [1.29, 1.82) is 0 Å². The first-order valence-electron chi connectivity index (χ1n) is 11.3. The smallest absolute Gasteiger partial charge is 0.342 e. The van der Waals surface area contributed by atoms with Crippen molar-refractivity contribution in [1.82, 2.24) is 0 Å². The van der Waals surface area contributed by atoms with Crippen LogP contribution in [0.1, 0.15) is 48.5 Å². The Morgan fingerprint density at radius 1 is 1.06 bits per heavy atom. The molecule has 0 spiro atoms. The lowest BCUT2D eigenvalue weighted by atomic mass is 9.96. The molecule has 0 saturated carbocycles. The van der Waals surface area contributed by atoms with Crippen LogP contribution in [0.25, 0.3) is 0 Å². The lowest BCUT2D eigenvalue weighted by molar-refractivity contribution is -0.124. The molecule has 2 heterocycles. The molecule has 2 aromatic rings. The van der Waals surface area contributed by atoms with E-state index < -0.39 is 23.4 Å². The molecule has 34 heavy (non-hydrogen) atoms. The second kappa shape index (κ2) is 10.6. The van der Waals surface area contributed by atoms with E-state index in [1.54, 1.807) is 27.7 Å². The molecule has 2 amide bonds. The molecule has 1 fully saturated rings. The van der Waals surface area contributed by atoms with Gasteiger partial charge in [0.25, 0.3) is 5.91 Å². The van der Waals surface area contributed by atoms with Gasteiger partial charge < -0.3 is 25.0 Å². The van der Waals surface area contributed by atoms with Gasteiger partial charge in [-0.25, -0.2) is 4.79 Å². The van der Waals surface area contributed by atoms with E-state index in [0.717, 1.165) is 29.2 Å². The van der Waals surface area contributed by atoms with Crippen LogP contribution < -0.4 is 15.5 Å². The van der Waals surface area contributed by atoms with Crippen LogP contribution in [0.3, 0.4) is 0 Å². The summed E-state index contributed by atoms with van der Waals surface area (Å²) in [6, 6.07) is 7.53. The van der Waals surface area contributed by atoms with E-state index in [2.05, 4.69) is 15.5 Å². The largest absolute Gasteiger partial charge is 0.449 e. The molecular formula is C25H33N3O5S. The summed E-state index contributed by atoms with van der Waals surface area (Å²) in [6.07, 6.45) is -1.02. The van der Waals surface area contributed by atoms with E-state index in [9.17, 15) is 14.4 Å². The molecule has 0 aliphatic carbocycles. The average molecular weight is 488 g/mol. The summed E-state index contributed by atoms with van der Waals surface area (Å²) in [7, 11) is 0. The van der Waals surface area contributed by atoms with Gasteiger partial charge >= 0.3 is 5.97 Å². The van der Waals surface area contributed by atoms with Crippen LogP contribution in [0.4, 0.5) is 16.4 Å². The highest BCUT2D eigenvalue weighted by atomic mass is 32.1. The predicted octanol–water partition coefficient (Wildman–Crippen LogP) is 4.37. The van der Waals surface area contributed by atoms with Gasteiger partial charge in [0.1, 0.15) is 5.00 Å². The van der Waals surface area contributed by atoms with Gasteiger partial charge in [-0.2, -0.15) is 0 Å². The van der Waals surface area contributed by atoms with Gasteiger partial charge in [0.05, 0.1) is 18.8 Å². The van der Waals surface area contributed by atoms with Gasteiger partial charge in [-0.05, 0) is 50.6 Å². The van der Waals surface area contributed by atoms with E-state index in [1.165, 1.54) is 18.3 Å². The number of ether oxygens (including phenoxy) is 2. The van der Waals surface area contributed by atoms with Crippen molar-refractivity contribution >= 4 is 45.5 Å². The van der Waals surface area contributed by atoms with Gasteiger partial charge in [0.2, 0.25) is 5.91 Å². The molecule has 1 aliphatic rings. The maximum atomic E-state index is 13.0. The van der Waals surface area contributed by atoms with E-state index in [1.807, 2.05) is 31.2 Å². The summed E-state index contributed by atoms with van der Waals surface area (Å²) in [5, 5.41) is 6.06. The molecule has 8 nitrogen and oxygen atoms in total. The molecule has 1 saturated heterocycles. The first kappa shape index (κ1) is 25.7. The monoisotopic (exact) mass is 487 g/mol. The SMILES string of the molecule is Cc1sc(NC(=O)C(C)(C)C)c(C(=O)O[C@H](C)C(=O)Nc2ccc(N3CCOCC3)cc2)c1C. The highest BCUT2D eigenvalue weighted by Crippen LogP contribution is 2.34. The van der Waals surface area contributed by atoms with E-state index >= 15 is 0 Å². The van der Waals surface area contributed by atoms with Crippen molar-refractivity contribution in [3.05, 3.63) is 40.3 Å². The van der Waals surface area contributed by atoms with E-state index in [0.29, 0.717) is 23.9 Å². The molecule has 9 heteroatoms. The first-order chi connectivity index (χ1) is 16.0. The van der Waals surface area contributed by atoms with Crippen LogP contribution in [0.5, 0.6) is 0 Å². The maximum absolute atomic E-state index is 13.0. The predicted molar refractivity (Wildman–Crippen MR) is 135 cm³/mol. The van der Waals surface area contributed by atoms with Crippen molar-refractivity contribution in [2.45, 2.75) is 47.6 Å². The Labute approximate surface area is 204 Å². The Balaban J connectivity index is 1.64. The van der Waals surface area contributed by atoms with E-state index in [4.69, 9.17) is 9.47 Å². The number of benzene rings is 1. The van der Waals surface area contributed by atoms with Crippen LogP contribution in [0.15, 0.2) is 24.3 Å². The van der Waals surface area contributed by atoms with Crippen LogP contribution in [0.2, 0.25) is 0 Å². The fourth-order valence-corrected chi connectivity index (χ4v) is 4.39. The summed E-state index contributed by atoms with van der Waals surface area (Å²) >= 11 is 1.32. The van der Waals surface area contributed by atoms with Gasteiger partial charge in [-0.3, -0.25) is 9.59 Å². The number of hydrogen-bond donors (Lipinski definition) is 2. The van der Waals surface area contributed by atoms with Crippen molar-refractivity contribution in [2.75, 3.05) is 41.8 Å². The number of amides is 2. The normalized spacial score (nSPS) is 14.9. The number of carbonyl (C=O) groups is 3. The number of esters is 1. The second-order valence-electron chi connectivity index (χ2n) is 9.37. The number of morpholine rings is 1. The molecule has 1 atom stereocenters. The standard InChI is InChI=1S/C25H33N3O5S/c1-15-17(3)34-22(27-24(31)25(4,5)6)20(15)23(30)33-16(2)21(29)26-18-7-9-19(10-8-18)28-11-13-32-14-12-28/h7-10,16H,11-14H2,1-6H3,(H,26,29)(H,27,31)/t16-/m1/s1. The molecule has 184 valence electrons. The minimum atomic E-state index is -1.02. The number of carbonyl (C=O) groups excluding carboxylic acids is 3. The van der Waals surface area contributed by atoms with Crippen molar-refractivity contribution in [3.8, 4) is 0 Å². The number of anilines is 3. The zero-order chi connectivity index (χ0) is 25.0. The minimum absolute atomic E-state index is 0.200. The molecule has 1 aliphatic heterocycles. The Morgan fingerprint density at radius 2 is 1.68 bits per heavy atom. The zero-order valence-corrected chi connectivity index (χ0v) is 21.4. The summed E-state index contributed by atoms with van der Waals surface area (Å²) < 4.78 is 10.9. The molecule has 0 unspecified atom stereocenters. The number of rotatable bonds is 6. The number of nitrogens with one attached hydrogen (secondary N) is 2. The molecule has 1 aromatic carbocycles. The van der Waals surface area contributed by atoms with Crippen molar-refractivity contribution in [2.24, 2.45) is 5.41 Å². The maximum Gasteiger partial charge on any atom is 0.342 e. The highest BCUT2D eigenvalue weighted by Gasteiger charge is 2.28. The summed E-state index contributed by atoms with van der Waals surface area (Å²) in [5.41, 5.74) is 2.08. The Hall–Kier alpha value is -2.91. The summed E-state index contributed by atoms with van der Waals surface area (Å²) in [6.45, 7) is 13.7. The Bertz CT molecular complexity index is 1050. The molecule has 0 radical (unpaired) electrons. The van der Waals surface area contributed by atoms with Gasteiger partial charge in [-0.1, -0.05) is 20.8 Å². The van der Waals surface area contributed by atoms with Gasteiger partial charge in [0.15, 0.2) is 6.10 Å². The average Bonchev–Trinajstić information content (AvgIpc) is 3.07. The third-order valence-electron chi connectivity index (χ3n) is 5.66. The number of nitrogens with zero attached hydrogens (tertiary/aromatic N) is 1. The molecule has 3 rings (SSSR count). The minimum Gasteiger partial charge on any atom is -0.449 e. The molecule has 0 bridgehead atoms. The first-order valence-corrected chi connectivity index (χ1v) is 12.1. The van der Waals surface area contributed by atoms with Crippen LogP contribution in [-0.2, 0) is 19.1 Å². The summed E-state index contributed by atoms with van der Waals surface area (Å²) in [5.74, 6) is -1.28.